The molecule has 0 spiro atoms. The number of nitrogens with one attached hydrogen (secondary N) is 1. The molecule has 3 N–H and O–H groups in total. The highest BCUT2D eigenvalue weighted by Gasteiger charge is 2.05. The number of hydrogen-bond donors (Lipinski definition) is 2. The Kier molecular flexibility index (Phi) is 6.28. The Bertz CT molecular complexity index is 376. The van der Waals surface area contributed by atoms with E-state index < -0.39 is 11.6 Å². The molecule has 0 unspecified atom stereocenters. The van der Waals surface area contributed by atoms with Gasteiger partial charge in [0.05, 0.1) is 0 Å². The zero-order valence-electron chi connectivity index (χ0n) is 10.2. The molecule has 3 nitrogen and oxygen atoms in total. The monoisotopic (exact) mass is 256 g/mol. The largest absolute Gasteiger partial charge is 0.330 e. The fourth-order valence-corrected chi connectivity index (χ4v) is 1.63. The van der Waals surface area contributed by atoms with Crippen LogP contribution in [0.1, 0.15) is 32.1 Å². The van der Waals surface area contributed by atoms with Crippen LogP contribution < -0.4 is 11.1 Å². The maximum atomic E-state index is 12.9. The Labute approximate surface area is 105 Å². The summed E-state index contributed by atoms with van der Waals surface area (Å²) in [6.07, 6.45) is 3.99. The lowest BCUT2D eigenvalue weighted by atomic mass is 10.1. The van der Waals surface area contributed by atoms with E-state index in [-0.39, 0.29) is 11.6 Å². The molecule has 1 aromatic carbocycles. The predicted molar refractivity (Wildman–Crippen MR) is 67.1 cm³/mol. The summed E-state index contributed by atoms with van der Waals surface area (Å²) in [6, 6.07) is 2.95. The normalized spacial score (nSPS) is 10.4. The summed E-state index contributed by atoms with van der Waals surface area (Å²) in [6.45, 7) is 0.661. The first-order valence-corrected chi connectivity index (χ1v) is 6.08. The molecule has 0 heterocycles. The second-order valence-corrected chi connectivity index (χ2v) is 4.16. The second kappa shape index (κ2) is 7.76. The Morgan fingerprint density at radius 1 is 1.06 bits per heavy atom. The molecule has 0 radical (unpaired) electrons. The van der Waals surface area contributed by atoms with E-state index in [9.17, 15) is 13.6 Å². The molecule has 100 valence electrons. The van der Waals surface area contributed by atoms with Gasteiger partial charge in [-0.15, -0.1) is 0 Å². The van der Waals surface area contributed by atoms with E-state index in [1.165, 1.54) is 0 Å². The van der Waals surface area contributed by atoms with E-state index in [4.69, 9.17) is 5.73 Å². The average Bonchev–Trinajstić information content (AvgIpc) is 2.27. The average molecular weight is 256 g/mol. The van der Waals surface area contributed by atoms with Gasteiger partial charge in [-0.2, -0.15) is 0 Å². The van der Waals surface area contributed by atoms with Crippen LogP contribution in [-0.2, 0) is 4.79 Å². The molecule has 5 heteroatoms. The van der Waals surface area contributed by atoms with E-state index in [0.29, 0.717) is 13.0 Å². The number of hydrogen-bond acceptors (Lipinski definition) is 2. The van der Waals surface area contributed by atoms with E-state index >= 15 is 0 Å². The fourth-order valence-electron chi connectivity index (χ4n) is 1.63. The van der Waals surface area contributed by atoms with Crippen LogP contribution in [-0.4, -0.2) is 12.5 Å². The zero-order valence-corrected chi connectivity index (χ0v) is 10.2. The number of nitrogens with two attached hydrogens (primary N) is 1. The fraction of sp³-hybridized carbons (Fsp3) is 0.462. The van der Waals surface area contributed by atoms with Crippen molar-refractivity contribution in [1.82, 2.24) is 0 Å². The highest BCUT2D eigenvalue weighted by Crippen LogP contribution is 2.13. The minimum Gasteiger partial charge on any atom is -0.330 e. The number of anilines is 1. The number of amides is 1. The van der Waals surface area contributed by atoms with Crippen LogP contribution >= 0.6 is 0 Å². The molecule has 0 saturated carbocycles. The SMILES string of the molecule is NCCCCCCC(=O)Nc1cc(F)cc(F)c1. The molecule has 0 aromatic heterocycles. The molecular formula is C13H18F2N2O. The van der Waals surface area contributed by atoms with Crippen LogP contribution in [0.3, 0.4) is 0 Å². The van der Waals surface area contributed by atoms with Crippen molar-refractivity contribution in [2.45, 2.75) is 32.1 Å². The lowest BCUT2D eigenvalue weighted by Gasteiger charge is -2.05. The summed E-state index contributed by atoms with van der Waals surface area (Å²) in [7, 11) is 0. The highest BCUT2D eigenvalue weighted by molar-refractivity contribution is 5.90. The molecule has 1 amide bonds. The second-order valence-electron chi connectivity index (χ2n) is 4.16. The Morgan fingerprint density at radius 3 is 2.28 bits per heavy atom. The van der Waals surface area contributed by atoms with Crippen LogP contribution in [0.2, 0.25) is 0 Å². The van der Waals surface area contributed by atoms with Gasteiger partial charge in [0, 0.05) is 18.2 Å². The van der Waals surface area contributed by atoms with Gasteiger partial charge >= 0.3 is 0 Å². The van der Waals surface area contributed by atoms with Gasteiger partial charge in [0.1, 0.15) is 11.6 Å². The molecule has 0 aliphatic carbocycles. The first-order valence-electron chi connectivity index (χ1n) is 6.08. The van der Waals surface area contributed by atoms with E-state index in [1.807, 2.05) is 0 Å². The lowest BCUT2D eigenvalue weighted by molar-refractivity contribution is -0.116. The number of carbonyl (C=O) groups excluding carboxylic acids is 1. The summed E-state index contributed by atoms with van der Waals surface area (Å²) >= 11 is 0. The van der Waals surface area contributed by atoms with E-state index in [1.54, 1.807) is 0 Å². The Hall–Kier alpha value is -1.49. The van der Waals surface area contributed by atoms with Crippen molar-refractivity contribution in [3.05, 3.63) is 29.8 Å². The van der Waals surface area contributed by atoms with Crippen LogP contribution in [0.15, 0.2) is 18.2 Å². The molecule has 0 aliphatic heterocycles. The highest BCUT2D eigenvalue weighted by atomic mass is 19.1. The third kappa shape index (κ3) is 5.72. The first kappa shape index (κ1) is 14.6. The summed E-state index contributed by atoms with van der Waals surface area (Å²) in [4.78, 5) is 11.5. The van der Waals surface area contributed by atoms with E-state index in [0.717, 1.165) is 43.9 Å². The third-order valence-corrected chi connectivity index (χ3v) is 2.50. The predicted octanol–water partition coefficient (Wildman–Crippen LogP) is 2.81. The molecule has 0 atom stereocenters. The van der Waals surface area contributed by atoms with Gasteiger partial charge in [-0.3, -0.25) is 4.79 Å². The summed E-state index contributed by atoms with van der Waals surface area (Å²) in [5.41, 5.74) is 5.50. The van der Waals surface area contributed by atoms with Crippen LogP contribution in [0.5, 0.6) is 0 Å². The molecule has 1 aromatic rings. The maximum Gasteiger partial charge on any atom is 0.224 e. The standard InChI is InChI=1S/C13H18F2N2O/c14-10-7-11(15)9-12(8-10)17-13(18)5-3-1-2-4-6-16/h7-9H,1-6,16H2,(H,17,18). The van der Waals surface area contributed by atoms with Crippen molar-refractivity contribution in [1.29, 1.82) is 0 Å². The van der Waals surface area contributed by atoms with Gasteiger partial charge in [-0.05, 0) is 31.5 Å². The molecular weight excluding hydrogens is 238 g/mol. The topological polar surface area (TPSA) is 55.1 Å². The molecule has 18 heavy (non-hydrogen) atoms. The summed E-state index contributed by atoms with van der Waals surface area (Å²) < 4.78 is 25.7. The number of benzene rings is 1. The van der Waals surface area contributed by atoms with Gasteiger partial charge in [0.2, 0.25) is 5.91 Å². The maximum absolute atomic E-state index is 12.9. The van der Waals surface area contributed by atoms with Crippen molar-refractivity contribution in [3.8, 4) is 0 Å². The van der Waals surface area contributed by atoms with Crippen LogP contribution in [0.4, 0.5) is 14.5 Å². The minimum atomic E-state index is -0.701. The number of rotatable bonds is 7. The quantitative estimate of drug-likeness (QED) is 0.737. The first-order chi connectivity index (χ1) is 8.61. The van der Waals surface area contributed by atoms with Crippen LogP contribution in [0.25, 0.3) is 0 Å². The van der Waals surface area contributed by atoms with E-state index in [2.05, 4.69) is 5.32 Å². The number of unbranched alkanes of at least 4 members (excludes halogenated alkanes) is 3. The molecule has 0 bridgehead atoms. The van der Waals surface area contributed by atoms with Gasteiger partial charge in [-0.1, -0.05) is 12.8 Å². The Morgan fingerprint density at radius 2 is 1.67 bits per heavy atom. The van der Waals surface area contributed by atoms with Crippen molar-refractivity contribution in [2.24, 2.45) is 5.73 Å². The van der Waals surface area contributed by atoms with Gasteiger partial charge in [0.25, 0.3) is 0 Å². The molecule has 0 fully saturated rings. The van der Waals surface area contributed by atoms with Gasteiger partial charge in [-0.25, -0.2) is 8.78 Å². The number of halogens is 2. The molecule has 1 rings (SSSR count). The van der Waals surface area contributed by atoms with Crippen LogP contribution in [0, 0.1) is 11.6 Å². The summed E-state index contributed by atoms with van der Waals surface area (Å²) in [5, 5.41) is 2.47. The van der Waals surface area contributed by atoms with Crippen molar-refractivity contribution < 1.29 is 13.6 Å². The molecule has 0 aliphatic rings. The van der Waals surface area contributed by atoms with Crippen molar-refractivity contribution >= 4 is 11.6 Å². The smallest absolute Gasteiger partial charge is 0.224 e. The third-order valence-electron chi connectivity index (χ3n) is 2.50. The van der Waals surface area contributed by atoms with Gasteiger partial charge in [0.15, 0.2) is 0 Å². The Balaban J connectivity index is 2.31. The zero-order chi connectivity index (χ0) is 13.4. The van der Waals surface area contributed by atoms with Gasteiger partial charge < -0.3 is 11.1 Å². The number of carbonyl (C=O) groups is 1. The minimum absolute atomic E-state index is 0.152. The summed E-state index contributed by atoms with van der Waals surface area (Å²) in [5.74, 6) is -1.63. The van der Waals surface area contributed by atoms with Crippen molar-refractivity contribution in [3.63, 3.8) is 0 Å². The lowest BCUT2D eigenvalue weighted by Crippen LogP contribution is -2.11. The molecule has 0 saturated heterocycles. The van der Waals surface area contributed by atoms with Crippen molar-refractivity contribution in [2.75, 3.05) is 11.9 Å².